The van der Waals surface area contributed by atoms with Crippen molar-refractivity contribution in [3.8, 4) is 0 Å². The van der Waals surface area contributed by atoms with Crippen LogP contribution in [0.2, 0.25) is 44.8 Å². The van der Waals surface area contributed by atoms with Gasteiger partial charge >= 0.3 is 17.1 Å². The van der Waals surface area contributed by atoms with Crippen molar-refractivity contribution in [3.05, 3.63) is 18.7 Å². The molecular formula is C17H38N2O4Si3. The summed E-state index contributed by atoms with van der Waals surface area (Å²) >= 11 is 0. The second kappa shape index (κ2) is 10.9. The molecule has 1 aromatic rings. The standard InChI is InChI=1S/C17H38N2O4Si3/c1-20-14-8-9-15-26(7,22-24(3,4)5)23-25(6,21-2)16-10-12-19-13-11-18-17-19/h11,13,17H,8-10,12,14-16H2,1-7H3. The smallest absolute Gasteiger partial charge is 0.325 e. The van der Waals surface area contributed by atoms with Gasteiger partial charge in [-0.3, -0.25) is 0 Å². The van der Waals surface area contributed by atoms with Crippen LogP contribution in [0.3, 0.4) is 0 Å². The average molecular weight is 419 g/mol. The number of rotatable bonds is 14. The van der Waals surface area contributed by atoms with E-state index in [9.17, 15) is 0 Å². The van der Waals surface area contributed by atoms with Gasteiger partial charge < -0.3 is 22.0 Å². The van der Waals surface area contributed by atoms with E-state index in [-0.39, 0.29) is 0 Å². The van der Waals surface area contributed by atoms with Crippen LogP contribution >= 0.6 is 0 Å². The van der Waals surface area contributed by atoms with Gasteiger partial charge in [-0.2, -0.15) is 0 Å². The summed E-state index contributed by atoms with van der Waals surface area (Å²) in [6, 6.07) is 1.95. The highest BCUT2D eigenvalue weighted by molar-refractivity contribution is 6.86. The summed E-state index contributed by atoms with van der Waals surface area (Å²) in [5.41, 5.74) is 0. The molecule has 1 rings (SSSR count). The lowest BCUT2D eigenvalue weighted by atomic mass is 10.4. The molecule has 0 saturated carbocycles. The second-order valence-electron chi connectivity index (χ2n) is 8.14. The average Bonchev–Trinajstić information content (AvgIpc) is 3.03. The number of hydrogen-bond donors (Lipinski definition) is 0. The number of hydrogen-bond acceptors (Lipinski definition) is 5. The van der Waals surface area contributed by atoms with Crippen LogP contribution in [0.5, 0.6) is 0 Å². The monoisotopic (exact) mass is 418 g/mol. The molecule has 0 aliphatic rings. The molecule has 1 heterocycles. The summed E-state index contributed by atoms with van der Waals surface area (Å²) in [4.78, 5) is 4.10. The molecule has 152 valence electrons. The van der Waals surface area contributed by atoms with Crippen LogP contribution < -0.4 is 0 Å². The van der Waals surface area contributed by atoms with Crippen LogP contribution in [0.25, 0.3) is 0 Å². The number of ether oxygens (including phenoxy) is 1. The Labute approximate surface area is 162 Å². The Morgan fingerprint density at radius 3 is 2.12 bits per heavy atom. The molecule has 6 nitrogen and oxygen atoms in total. The summed E-state index contributed by atoms with van der Waals surface area (Å²) in [6.45, 7) is 12.8. The fourth-order valence-electron chi connectivity index (χ4n) is 3.12. The third-order valence-corrected chi connectivity index (χ3v) is 15.2. The lowest BCUT2D eigenvalue weighted by Gasteiger charge is -2.40. The lowest BCUT2D eigenvalue weighted by molar-refractivity contribution is 0.193. The third-order valence-electron chi connectivity index (χ3n) is 4.22. The minimum absolute atomic E-state index is 0.793. The van der Waals surface area contributed by atoms with Gasteiger partial charge in [0, 0.05) is 39.8 Å². The first kappa shape index (κ1) is 23.7. The Morgan fingerprint density at radius 1 is 0.885 bits per heavy atom. The maximum atomic E-state index is 6.75. The summed E-state index contributed by atoms with van der Waals surface area (Å²) in [5.74, 6) is 0. The summed E-state index contributed by atoms with van der Waals surface area (Å²) in [6.07, 6.45) is 8.81. The Kier molecular flexibility index (Phi) is 9.94. The maximum Gasteiger partial charge on any atom is 0.325 e. The molecule has 1 aromatic heterocycles. The molecule has 2 unspecified atom stereocenters. The van der Waals surface area contributed by atoms with Gasteiger partial charge in [-0.05, 0) is 64.1 Å². The molecule has 0 spiro atoms. The molecule has 0 amide bonds. The Bertz CT molecular complexity index is 499. The lowest BCUT2D eigenvalue weighted by Crippen LogP contribution is -2.55. The van der Waals surface area contributed by atoms with E-state index in [1.54, 1.807) is 14.2 Å². The van der Waals surface area contributed by atoms with E-state index in [1.165, 1.54) is 0 Å². The predicted octanol–water partition coefficient (Wildman–Crippen LogP) is 4.36. The highest BCUT2D eigenvalue weighted by Crippen LogP contribution is 2.28. The first-order valence-electron chi connectivity index (χ1n) is 9.52. The minimum atomic E-state index is -2.28. The number of nitrogens with zero attached hydrogens (tertiary/aromatic N) is 2. The summed E-state index contributed by atoms with van der Waals surface area (Å²) < 4.78 is 26.6. The first-order valence-corrected chi connectivity index (χ1v) is 18.0. The molecular weight excluding hydrogens is 380 g/mol. The molecule has 0 aliphatic heterocycles. The molecule has 0 radical (unpaired) electrons. The Morgan fingerprint density at radius 2 is 1.58 bits per heavy atom. The number of unbranched alkanes of at least 4 members (excludes halogenated alkanes) is 1. The Balaban J connectivity index is 2.69. The first-order chi connectivity index (χ1) is 12.1. The van der Waals surface area contributed by atoms with Gasteiger partial charge in [0.2, 0.25) is 0 Å². The largest absolute Gasteiger partial charge is 0.437 e. The van der Waals surface area contributed by atoms with Gasteiger partial charge in [-0.15, -0.1) is 0 Å². The highest BCUT2D eigenvalue weighted by Gasteiger charge is 2.44. The maximum absolute atomic E-state index is 6.75. The molecule has 0 fully saturated rings. The molecule has 0 N–H and O–H groups in total. The SMILES string of the molecule is COCCCC[Si](C)(O[Si](C)(C)C)O[Si](C)(CCCn1ccnc1)OC. The van der Waals surface area contributed by atoms with Crippen LogP contribution in [0.4, 0.5) is 0 Å². The van der Waals surface area contributed by atoms with Crippen molar-refractivity contribution < 1.29 is 17.4 Å². The van der Waals surface area contributed by atoms with Crippen LogP contribution in [0.15, 0.2) is 18.7 Å². The normalized spacial score (nSPS) is 17.0. The van der Waals surface area contributed by atoms with Gasteiger partial charge in [-0.25, -0.2) is 4.98 Å². The van der Waals surface area contributed by atoms with Gasteiger partial charge in [0.25, 0.3) is 0 Å². The number of imidazole rings is 1. The van der Waals surface area contributed by atoms with Crippen molar-refractivity contribution in [2.45, 2.75) is 70.6 Å². The van der Waals surface area contributed by atoms with Crippen molar-refractivity contribution >= 4 is 25.4 Å². The molecule has 26 heavy (non-hydrogen) atoms. The van der Waals surface area contributed by atoms with E-state index < -0.39 is 25.4 Å². The number of aryl methyl sites for hydroxylation is 1. The van der Waals surface area contributed by atoms with Crippen molar-refractivity contribution in [1.29, 1.82) is 0 Å². The predicted molar refractivity (Wildman–Crippen MR) is 113 cm³/mol. The van der Waals surface area contributed by atoms with Gasteiger partial charge in [0.1, 0.15) is 0 Å². The highest BCUT2D eigenvalue weighted by atomic mass is 28.5. The van der Waals surface area contributed by atoms with Crippen LogP contribution in [-0.4, -0.2) is 55.8 Å². The molecule has 0 aromatic carbocycles. The van der Waals surface area contributed by atoms with Crippen molar-refractivity contribution in [3.63, 3.8) is 0 Å². The molecule has 0 saturated heterocycles. The zero-order valence-electron chi connectivity index (χ0n) is 17.7. The quantitative estimate of drug-likeness (QED) is 0.332. The zero-order chi connectivity index (χ0) is 19.7. The van der Waals surface area contributed by atoms with Gasteiger partial charge in [-0.1, -0.05) is 0 Å². The molecule has 9 heteroatoms. The Hall–Kier alpha value is -0.299. The van der Waals surface area contributed by atoms with E-state index in [2.05, 4.69) is 42.3 Å². The fraction of sp³-hybridized carbons (Fsp3) is 0.824. The van der Waals surface area contributed by atoms with E-state index in [0.717, 1.165) is 44.5 Å². The summed E-state index contributed by atoms with van der Waals surface area (Å²) in [7, 11) is -2.70. The van der Waals surface area contributed by atoms with Gasteiger partial charge in [0.05, 0.1) is 6.33 Å². The number of methoxy groups -OCH3 is 1. The van der Waals surface area contributed by atoms with E-state index in [4.69, 9.17) is 17.4 Å². The fourth-order valence-corrected chi connectivity index (χ4v) is 15.9. The van der Waals surface area contributed by atoms with Crippen LogP contribution in [0.1, 0.15) is 19.3 Å². The van der Waals surface area contributed by atoms with E-state index in [0.29, 0.717) is 0 Å². The molecule has 0 aliphatic carbocycles. The van der Waals surface area contributed by atoms with E-state index >= 15 is 0 Å². The van der Waals surface area contributed by atoms with Crippen LogP contribution in [0, 0.1) is 0 Å². The van der Waals surface area contributed by atoms with E-state index in [1.807, 2.05) is 18.7 Å². The molecule has 2 atom stereocenters. The topological polar surface area (TPSA) is 54.7 Å². The minimum Gasteiger partial charge on any atom is -0.437 e. The zero-order valence-corrected chi connectivity index (χ0v) is 20.7. The van der Waals surface area contributed by atoms with Crippen molar-refractivity contribution in [2.75, 3.05) is 20.8 Å². The van der Waals surface area contributed by atoms with Gasteiger partial charge in [0.15, 0.2) is 8.32 Å². The third kappa shape index (κ3) is 9.58. The molecule has 0 bridgehead atoms. The second-order valence-corrected chi connectivity index (χ2v) is 19.9. The summed E-state index contributed by atoms with van der Waals surface area (Å²) in [5, 5.41) is 0. The van der Waals surface area contributed by atoms with Crippen molar-refractivity contribution in [2.24, 2.45) is 0 Å². The number of aromatic nitrogens is 2. The van der Waals surface area contributed by atoms with Crippen molar-refractivity contribution in [1.82, 2.24) is 9.55 Å². The van der Waals surface area contributed by atoms with Crippen LogP contribution in [-0.2, 0) is 23.9 Å².